The first-order chi connectivity index (χ1) is 16.1. The van der Waals surface area contributed by atoms with Crippen LogP contribution < -0.4 is 0 Å². The predicted molar refractivity (Wildman–Crippen MR) is 135 cm³/mol. The van der Waals surface area contributed by atoms with Gasteiger partial charge in [0.05, 0.1) is 35.6 Å². The van der Waals surface area contributed by atoms with Gasteiger partial charge in [-0.3, -0.25) is 9.98 Å². The van der Waals surface area contributed by atoms with Crippen molar-refractivity contribution in [3.05, 3.63) is 83.2 Å². The average Bonchev–Trinajstić information content (AvgIpc) is 3.34. The number of ether oxygens (including phenoxy) is 1. The highest BCUT2D eigenvalue weighted by Crippen LogP contribution is 2.30. The van der Waals surface area contributed by atoms with E-state index < -0.39 is 0 Å². The molecule has 0 spiro atoms. The first-order valence-corrected chi connectivity index (χ1v) is 11.6. The molecule has 1 unspecified atom stereocenters. The first-order valence-electron chi connectivity index (χ1n) is 11.6. The summed E-state index contributed by atoms with van der Waals surface area (Å²) in [6.07, 6.45) is 9.87. The summed E-state index contributed by atoms with van der Waals surface area (Å²) in [4.78, 5) is 16.8. The van der Waals surface area contributed by atoms with Gasteiger partial charge in [-0.2, -0.15) is 0 Å². The highest BCUT2D eigenvalue weighted by Gasteiger charge is 2.20. The van der Waals surface area contributed by atoms with Gasteiger partial charge in [0.15, 0.2) is 0 Å². The van der Waals surface area contributed by atoms with Gasteiger partial charge in [0.1, 0.15) is 0 Å². The fourth-order valence-electron chi connectivity index (χ4n) is 4.74. The summed E-state index contributed by atoms with van der Waals surface area (Å²) in [5.41, 5.74) is 9.69. The monoisotopic (exact) mass is 438 g/mol. The fourth-order valence-corrected chi connectivity index (χ4v) is 4.74. The van der Waals surface area contributed by atoms with Crippen LogP contribution in [0.25, 0.3) is 22.2 Å². The van der Waals surface area contributed by atoms with Crippen LogP contribution in [0.2, 0.25) is 0 Å². The Kier molecular flexibility index (Phi) is 6.16. The Hall–Kier alpha value is -3.15. The van der Waals surface area contributed by atoms with Crippen LogP contribution in [0.5, 0.6) is 0 Å². The van der Waals surface area contributed by atoms with Crippen LogP contribution >= 0.6 is 0 Å². The lowest BCUT2D eigenvalue weighted by Crippen LogP contribution is -2.28. The van der Waals surface area contributed by atoms with Crippen molar-refractivity contribution in [2.45, 2.75) is 31.9 Å². The number of aromatic nitrogens is 2. The van der Waals surface area contributed by atoms with E-state index in [0.717, 1.165) is 52.0 Å². The van der Waals surface area contributed by atoms with E-state index in [9.17, 15) is 0 Å². The summed E-state index contributed by atoms with van der Waals surface area (Å²) in [6.45, 7) is 1.27. The lowest BCUT2D eigenvalue weighted by atomic mass is 9.91. The summed E-state index contributed by atoms with van der Waals surface area (Å²) in [5, 5.41) is 0. The average molecular weight is 439 g/mol. The van der Waals surface area contributed by atoms with Crippen molar-refractivity contribution < 1.29 is 4.74 Å². The van der Waals surface area contributed by atoms with Crippen molar-refractivity contribution >= 4 is 27.9 Å². The summed E-state index contributed by atoms with van der Waals surface area (Å²) >= 11 is 0. The number of fused-ring (bicyclic) bond motifs is 1. The summed E-state index contributed by atoms with van der Waals surface area (Å²) in [5.74, 6) is 0. The van der Waals surface area contributed by atoms with Gasteiger partial charge in [0.25, 0.3) is 0 Å². The predicted octanol–water partition coefficient (Wildman–Crippen LogP) is 5.16. The third-order valence-corrected chi connectivity index (χ3v) is 6.61. The molecule has 1 aliphatic heterocycles. The Morgan fingerprint density at radius 1 is 1.03 bits per heavy atom. The molecule has 5 heteroatoms. The molecule has 1 aromatic carbocycles. The minimum Gasteiger partial charge on any atom is -0.380 e. The second-order valence-electron chi connectivity index (χ2n) is 9.02. The van der Waals surface area contributed by atoms with Crippen molar-refractivity contribution in [2.24, 2.45) is 4.99 Å². The summed E-state index contributed by atoms with van der Waals surface area (Å²) in [7, 11) is 6.04. The molecule has 0 N–H and O–H groups in total. The highest BCUT2D eigenvalue weighted by atomic mass is 16.5. The Bertz CT molecular complexity index is 1270. The Balaban J connectivity index is 1.44. The molecule has 2 aromatic heterocycles. The number of hydrogen-bond acceptors (Lipinski definition) is 5. The molecule has 2 aliphatic rings. The van der Waals surface area contributed by atoms with E-state index >= 15 is 0 Å². The van der Waals surface area contributed by atoms with Gasteiger partial charge >= 0.3 is 0 Å². The van der Waals surface area contributed by atoms with Crippen molar-refractivity contribution in [3.8, 4) is 0 Å². The van der Waals surface area contributed by atoms with Gasteiger partial charge in [-0.15, -0.1) is 0 Å². The van der Waals surface area contributed by atoms with E-state index in [-0.39, 0.29) is 0 Å². The molecule has 0 saturated heterocycles. The maximum absolute atomic E-state index is 5.30. The summed E-state index contributed by atoms with van der Waals surface area (Å²) < 4.78 is 5.30. The number of allylic oxidation sites excluding steroid dienone is 2. The van der Waals surface area contributed by atoms with Crippen molar-refractivity contribution in [1.82, 2.24) is 14.9 Å². The molecule has 5 nitrogen and oxygen atoms in total. The van der Waals surface area contributed by atoms with Crippen LogP contribution in [0, 0.1) is 0 Å². The lowest BCUT2D eigenvalue weighted by molar-refractivity contribution is 0.185. The molecule has 0 amide bonds. The molecule has 0 radical (unpaired) electrons. The van der Waals surface area contributed by atoms with Gasteiger partial charge in [0, 0.05) is 30.5 Å². The third-order valence-electron chi connectivity index (χ3n) is 6.61. The molecule has 3 heterocycles. The van der Waals surface area contributed by atoms with E-state index in [1.54, 1.807) is 7.11 Å². The van der Waals surface area contributed by atoms with E-state index in [1.807, 2.05) is 6.20 Å². The smallest absolute Gasteiger partial charge is 0.0900 e. The number of pyridine rings is 2. The number of rotatable bonds is 6. The molecule has 0 saturated carbocycles. The summed E-state index contributed by atoms with van der Waals surface area (Å²) in [6, 6.07) is 15.3. The van der Waals surface area contributed by atoms with Gasteiger partial charge < -0.3 is 9.64 Å². The SMILES string of the molecule is COCc1cccc(C2=NCC=C2c2ccc3ncc(C4=CCC(N(C)C)CC4)cc3n2)c1. The van der Waals surface area contributed by atoms with Crippen LogP contribution in [0.4, 0.5) is 0 Å². The molecule has 5 rings (SSSR count). The molecule has 3 aromatic rings. The van der Waals surface area contributed by atoms with Crippen LogP contribution in [0.15, 0.2) is 65.8 Å². The number of methoxy groups -OCH3 is 1. The minimum absolute atomic E-state index is 0.591. The molecule has 168 valence electrons. The van der Waals surface area contributed by atoms with Crippen LogP contribution in [-0.4, -0.2) is 54.4 Å². The van der Waals surface area contributed by atoms with Gasteiger partial charge in [-0.1, -0.05) is 30.4 Å². The van der Waals surface area contributed by atoms with Crippen molar-refractivity contribution in [2.75, 3.05) is 27.7 Å². The minimum atomic E-state index is 0.591. The molecule has 33 heavy (non-hydrogen) atoms. The molecular weight excluding hydrogens is 408 g/mol. The second-order valence-corrected chi connectivity index (χ2v) is 9.02. The van der Waals surface area contributed by atoms with E-state index in [1.165, 1.54) is 17.6 Å². The Morgan fingerprint density at radius 2 is 1.94 bits per heavy atom. The van der Waals surface area contributed by atoms with Gasteiger partial charge in [-0.25, -0.2) is 4.98 Å². The van der Waals surface area contributed by atoms with Crippen LogP contribution in [-0.2, 0) is 11.3 Å². The molecule has 1 atom stereocenters. The molecular formula is C28H30N4O. The lowest BCUT2D eigenvalue weighted by Gasteiger charge is -2.27. The van der Waals surface area contributed by atoms with Gasteiger partial charge in [0.2, 0.25) is 0 Å². The van der Waals surface area contributed by atoms with Crippen molar-refractivity contribution in [1.29, 1.82) is 0 Å². The fraction of sp³-hybridized carbons (Fsp3) is 0.321. The maximum Gasteiger partial charge on any atom is 0.0900 e. The largest absolute Gasteiger partial charge is 0.380 e. The number of aliphatic imine (C=N–C) groups is 1. The second kappa shape index (κ2) is 9.38. The molecule has 0 fully saturated rings. The van der Waals surface area contributed by atoms with Crippen molar-refractivity contribution in [3.63, 3.8) is 0 Å². The maximum atomic E-state index is 5.30. The quantitative estimate of drug-likeness (QED) is 0.533. The molecule has 0 bridgehead atoms. The third kappa shape index (κ3) is 4.52. The number of nitrogens with zero attached hydrogens (tertiary/aromatic N) is 4. The van der Waals surface area contributed by atoms with Crippen LogP contribution in [0.1, 0.15) is 41.6 Å². The Labute approximate surface area is 195 Å². The zero-order chi connectivity index (χ0) is 22.8. The van der Waals surface area contributed by atoms with E-state index in [0.29, 0.717) is 19.2 Å². The van der Waals surface area contributed by atoms with E-state index in [4.69, 9.17) is 19.7 Å². The topological polar surface area (TPSA) is 50.6 Å². The zero-order valence-corrected chi connectivity index (χ0v) is 19.6. The number of hydrogen-bond donors (Lipinski definition) is 0. The molecule has 1 aliphatic carbocycles. The first kappa shape index (κ1) is 21.7. The number of benzene rings is 1. The van der Waals surface area contributed by atoms with Crippen LogP contribution in [0.3, 0.4) is 0 Å². The normalized spacial score (nSPS) is 18.4. The highest BCUT2D eigenvalue weighted by molar-refractivity contribution is 6.32. The van der Waals surface area contributed by atoms with E-state index in [2.05, 4.69) is 73.6 Å². The zero-order valence-electron chi connectivity index (χ0n) is 19.6. The Morgan fingerprint density at radius 3 is 2.73 bits per heavy atom. The van der Waals surface area contributed by atoms with Gasteiger partial charge in [-0.05, 0) is 74.3 Å². The standard InChI is InChI=1S/C28H30N4O/c1-32(2)23-9-7-20(8-10-23)22-16-27-26(30-17-22)12-11-25(31-27)24-13-14-29-28(24)21-6-4-5-19(15-21)18-33-3/h4-7,11-13,15-17,23H,8-10,14,18H2,1-3H3.